The van der Waals surface area contributed by atoms with E-state index < -0.39 is 28.9 Å². The summed E-state index contributed by atoms with van der Waals surface area (Å²) in [7, 11) is 0. The van der Waals surface area contributed by atoms with Crippen molar-refractivity contribution in [3.8, 4) is 0 Å². The lowest BCUT2D eigenvalue weighted by molar-refractivity contribution is -0.120. The fraction of sp³-hybridized carbons (Fsp3) is 0.167. The minimum atomic E-state index is -1.02. The minimum absolute atomic E-state index is 0.0832. The van der Waals surface area contributed by atoms with Crippen LogP contribution in [0.25, 0.3) is 0 Å². The average Bonchev–Trinajstić information content (AvgIpc) is 3.36. The van der Waals surface area contributed by atoms with E-state index in [1.807, 2.05) is 0 Å². The van der Waals surface area contributed by atoms with Crippen molar-refractivity contribution in [2.45, 2.75) is 18.3 Å². The number of rotatable bonds is 5. The molecule has 1 saturated carbocycles. The molecule has 1 aliphatic rings. The number of pyridine rings is 1. The van der Waals surface area contributed by atoms with Gasteiger partial charge in [-0.2, -0.15) is 9.38 Å². The Morgan fingerprint density at radius 2 is 1.88 bits per heavy atom. The summed E-state index contributed by atoms with van der Waals surface area (Å²) in [5, 5.41) is 2.76. The normalized spacial score (nSPS) is 15.9. The third kappa shape index (κ3) is 3.90. The number of amidine groups is 1. The van der Waals surface area contributed by atoms with E-state index in [1.54, 1.807) is 6.07 Å². The molecule has 0 unspecified atom stereocenters. The van der Waals surface area contributed by atoms with E-state index in [2.05, 4.69) is 15.3 Å². The first-order chi connectivity index (χ1) is 12.4. The number of nitrogens with zero attached hydrogens (tertiary/aromatic N) is 2. The van der Waals surface area contributed by atoms with E-state index in [1.165, 1.54) is 24.5 Å². The maximum absolute atomic E-state index is 13.4. The Kier molecular flexibility index (Phi) is 4.75. The second kappa shape index (κ2) is 6.99. The lowest BCUT2D eigenvalue weighted by atomic mass is 9.95. The van der Waals surface area contributed by atoms with Gasteiger partial charge in [0.15, 0.2) is 0 Å². The smallest absolute Gasteiger partial charge is 0.258 e. The molecule has 8 heteroatoms. The van der Waals surface area contributed by atoms with Crippen LogP contribution in [-0.2, 0) is 10.2 Å². The molecule has 1 aliphatic carbocycles. The van der Waals surface area contributed by atoms with Crippen molar-refractivity contribution in [3.05, 3.63) is 72.0 Å². The van der Waals surface area contributed by atoms with E-state index in [0.29, 0.717) is 18.5 Å². The largest absolute Gasteiger partial charge is 0.384 e. The Bertz CT molecular complexity index is 887. The number of benzene rings is 1. The number of amides is 1. The lowest BCUT2D eigenvalue weighted by Gasteiger charge is -2.12. The number of carbonyl (C=O) groups excluding carboxylic acids is 1. The van der Waals surface area contributed by atoms with Crippen molar-refractivity contribution in [3.63, 3.8) is 0 Å². The standard InChI is InChI=1S/C18H15F3N4O/c19-12-7-11(8-13(20)9-12)18(3-4-18)17(26)25-16(22)2-6-23-14-1-5-24-15(21)10-14/h1-2,5-10H,3-4H2,(H,23,24)(H2,22,25,26)/b6-2-. The molecule has 26 heavy (non-hydrogen) atoms. The van der Waals surface area contributed by atoms with Gasteiger partial charge in [0.2, 0.25) is 5.95 Å². The third-order valence-corrected chi connectivity index (χ3v) is 4.04. The average molecular weight is 360 g/mol. The number of anilines is 1. The second-order valence-electron chi connectivity index (χ2n) is 5.93. The quantitative estimate of drug-likeness (QED) is 0.488. The molecule has 1 aromatic carbocycles. The summed E-state index contributed by atoms with van der Waals surface area (Å²) in [5.74, 6) is -2.77. The van der Waals surface area contributed by atoms with Gasteiger partial charge in [0, 0.05) is 30.2 Å². The summed E-state index contributed by atoms with van der Waals surface area (Å²) in [6.45, 7) is 0. The second-order valence-corrected chi connectivity index (χ2v) is 5.93. The van der Waals surface area contributed by atoms with Crippen LogP contribution in [0.1, 0.15) is 18.4 Å². The summed E-state index contributed by atoms with van der Waals surface area (Å²) in [6.07, 6.45) is 4.91. The molecule has 0 aliphatic heterocycles. The molecule has 5 nitrogen and oxygen atoms in total. The van der Waals surface area contributed by atoms with Crippen LogP contribution < -0.4 is 11.1 Å². The van der Waals surface area contributed by atoms with Gasteiger partial charge in [0.25, 0.3) is 5.91 Å². The van der Waals surface area contributed by atoms with Crippen LogP contribution in [-0.4, -0.2) is 16.7 Å². The van der Waals surface area contributed by atoms with Gasteiger partial charge in [0.05, 0.1) is 5.41 Å². The number of carbonyl (C=O) groups is 1. The molecule has 1 heterocycles. The molecule has 2 aromatic rings. The first-order valence-electron chi connectivity index (χ1n) is 7.79. The molecule has 0 radical (unpaired) electrons. The van der Waals surface area contributed by atoms with Crippen LogP contribution in [0.5, 0.6) is 0 Å². The lowest BCUT2D eigenvalue weighted by Crippen LogP contribution is -2.22. The Balaban J connectivity index is 1.70. The SMILES string of the molecule is NC(/C=C\Nc1ccnc(F)c1)=NC(=O)C1(c2cc(F)cc(F)c2)CC1. The summed E-state index contributed by atoms with van der Waals surface area (Å²) < 4.78 is 39.8. The number of nitrogens with two attached hydrogens (primary N) is 1. The van der Waals surface area contributed by atoms with Gasteiger partial charge in [-0.3, -0.25) is 4.79 Å². The first-order valence-corrected chi connectivity index (χ1v) is 7.79. The zero-order valence-corrected chi connectivity index (χ0v) is 13.5. The first kappa shape index (κ1) is 17.7. The molecule has 1 fully saturated rings. The maximum Gasteiger partial charge on any atom is 0.258 e. The van der Waals surface area contributed by atoms with Crippen LogP contribution in [0.4, 0.5) is 18.9 Å². The zero-order valence-electron chi connectivity index (χ0n) is 13.5. The summed E-state index contributed by atoms with van der Waals surface area (Å²) in [4.78, 5) is 19.6. The summed E-state index contributed by atoms with van der Waals surface area (Å²) in [5.41, 5.74) is 5.38. The predicted molar refractivity (Wildman–Crippen MR) is 90.9 cm³/mol. The molecule has 0 atom stereocenters. The van der Waals surface area contributed by atoms with Crippen LogP contribution >= 0.6 is 0 Å². The molecule has 0 bridgehead atoms. The van der Waals surface area contributed by atoms with Gasteiger partial charge in [-0.15, -0.1) is 0 Å². The number of aliphatic imine (C=N–C) groups is 1. The van der Waals surface area contributed by atoms with Gasteiger partial charge in [-0.05, 0) is 42.7 Å². The van der Waals surface area contributed by atoms with E-state index in [9.17, 15) is 18.0 Å². The van der Waals surface area contributed by atoms with E-state index >= 15 is 0 Å². The molecule has 0 spiro atoms. The summed E-state index contributed by atoms with van der Waals surface area (Å²) in [6, 6.07) is 5.74. The van der Waals surface area contributed by atoms with E-state index in [4.69, 9.17) is 5.73 Å². The fourth-order valence-electron chi connectivity index (χ4n) is 2.56. The molecule has 3 rings (SSSR count). The molecule has 134 valence electrons. The van der Waals surface area contributed by atoms with Gasteiger partial charge in [-0.1, -0.05) is 0 Å². The number of hydrogen-bond donors (Lipinski definition) is 2. The highest BCUT2D eigenvalue weighted by molar-refractivity contribution is 6.04. The number of halogens is 3. The number of aromatic nitrogens is 1. The van der Waals surface area contributed by atoms with Gasteiger partial charge in [-0.25, -0.2) is 13.8 Å². The van der Waals surface area contributed by atoms with Crippen molar-refractivity contribution >= 4 is 17.4 Å². The highest BCUT2D eigenvalue weighted by Crippen LogP contribution is 2.49. The molecule has 1 aromatic heterocycles. The van der Waals surface area contributed by atoms with Crippen molar-refractivity contribution < 1.29 is 18.0 Å². The van der Waals surface area contributed by atoms with Gasteiger partial charge >= 0.3 is 0 Å². The van der Waals surface area contributed by atoms with Crippen molar-refractivity contribution in [1.82, 2.24) is 4.98 Å². The van der Waals surface area contributed by atoms with Crippen LogP contribution in [0.2, 0.25) is 0 Å². The van der Waals surface area contributed by atoms with Crippen molar-refractivity contribution in [1.29, 1.82) is 0 Å². The molecule has 1 amide bonds. The highest BCUT2D eigenvalue weighted by atomic mass is 19.1. The van der Waals surface area contributed by atoms with E-state index in [0.717, 1.165) is 18.2 Å². The van der Waals surface area contributed by atoms with Crippen molar-refractivity contribution in [2.75, 3.05) is 5.32 Å². The molecular weight excluding hydrogens is 345 g/mol. The van der Waals surface area contributed by atoms with Gasteiger partial charge < -0.3 is 11.1 Å². The van der Waals surface area contributed by atoms with E-state index in [-0.39, 0.29) is 11.4 Å². The number of hydrogen-bond acceptors (Lipinski definition) is 3. The van der Waals surface area contributed by atoms with Crippen LogP contribution in [0, 0.1) is 17.6 Å². The van der Waals surface area contributed by atoms with Crippen molar-refractivity contribution in [2.24, 2.45) is 10.7 Å². The van der Waals surface area contributed by atoms with Crippen LogP contribution in [0.15, 0.2) is 53.8 Å². The molecular formula is C18H15F3N4O. The minimum Gasteiger partial charge on any atom is -0.384 e. The fourth-order valence-corrected chi connectivity index (χ4v) is 2.56. The van der Waals surface area contributed by atoms with Crippen LogP contribution in [0.3, 0.4) is 0 Å². The highest BCUT2D eigenvalue weighted by Gasteiger charge is 2.51. The maximum atomic E-state index is 13.4. The Morgan fingerprint density at radius 1 is 1.19 bits per heavy atom. The third-order valence-electron chi connectivity index (χ3n) is 4.04. The summed E-state index contributed by atoms with van der Waals surface area (Å²) >= 11 is 0. The molecule has 3 N–H and O–H groups in total. The Morgan fingerprint density at radius 3 is 2.50 bits per heavy atom. The Hall–Kier alpha value is -3.16. The Labute approximate surface area is 147 Å². The topological polar surface area (TPSA) is 80.4 Å². The molecule has 0 saturated heterocycles. The zero-order chi connectivity index (χ0) is 18.7. The monoisotopic (exact) mass is 360 g/mol. The van der Waals surface area contributed by atoms with Gasteiger partial charge in [0.1, 0.15) is 17.5 Å². The number of nitrogens with one attached hydrogen (secondary N) is 1. The predicted octanol–water partition coefficient (Wildman–Crippen LogP) is 3.04.